The van der Waals surface area contributed by atoms with E-state index in [1.54, 1.807) is 24.3 Å². The summed E-state index contributed by atoms with van der Waals surface area (Å²) in [4.78, 5) is 17.2. The van der Waals surface area contributed by atoms with Gasteiger partial charge in [0.15, 0.2) is 5.82 Å². The predicted octanol–water partition coefficient (Wildman–Crippen LogP) is 3.90. The number of aryl methyl sites for hydroxylation is 1. The number of fused-ring (bicyclic) bond motifs is 2. The summed E-state index contributed by atoms with van der Waals surface area (Å²) in [5, 5.41) is 3.57. The summed E-state index contributed by atoms with van der Waals surface area (Å²) in [5.41, 5.74) is 6.78. The van der Waals surface area contributed by atoms with Gasteiger partial charge in [0.05, 0.1) is 5.52 Å². The molecule has 0 bridgehead atoms. The Balaban J connectivity index is 1.63. The van der Waals surface area contributed by atoms with Gasteiger partial charge in [-0.2, -0.15) is 0 Å². The molecule has 4 nitrogen and oxygen atoms in total. The summed E-state index contributed by atoms with van der Waals surface area (Å²) in [7, 11) is 0. The second-order valence-electron chi connectivity index (χ2n) is 6.02. The fourth-order valence-electron chi connectivity index (χ4n) is 2.96. The van der Waals surface area contributed by atoms with E-state index in [4.69, 9.17) is 16.6 Å². The molecule has 0 saturated heterocycles. The SMILES string of the molecule is Cc1ccc2cc3c(nc2c1)N(NC(=O)c1ccc(Cl)cc1)CC3. The number of carbonyl (C=O) groups excluding carboxylic acids is 1. The Morgan fingerprint density at radius 2 is 1.96 bits per heavy atom. The molecule has 24 heavy (non-hydrogen) atoms. The molecule has 4 rings (SSSR count). The number of hydrogen-bond donors (Lipinski definition) is 1. The summed E-state index contributed by atoms with van der Waals surface area (Å²) < 4.78 is 0. The minimum Gasteiger partial charge on any atom is -0.267 e. The lowest BCUT2D eigenvalue weighted by Crippen LogP contribution is -2.41. The van der Waals surface area contributed by atoms with Gasteiger partial charge in [-0.25, -0.2) is 4.98 Å². The van der Waals surface area contributed by atoms with E-state index >= 15 is 0 Å². The van der Waals surface area contributed by atoms with E-state index in [1.165, 1.54) is 5.56 Å². The Hall–Kier alpha value is -2.59. The summed E-state index contributed by atoms with van der Waals surface area (Å²) in [6.45, 7) is 2.77. The third-order valence-corrected chi connectivity index (χ3v) is 4.48. The van der Waals surface area contributed by atoms with Gasteiger partial charge in [0.2, 0.25) is 0 Å². The largest absolute Gasteiger partial charge is 0.269 e. The van der Waals surface area contributed by atoms with Crippen LogP contribution in [0.3, 0.4) is 0 Å². The first kappa shape index (κ1) is 15.0. The number of pyridine rings is 1. The number of benzene rings is 2. The molecule has 1 aliphatic rings. The normalized spacial score (nSPS) is 13.2. The van der Waals surface area contributed by atoms with Crippen LogP contribution in [0.5, 0.6) is 0 Å². The second-order valence-corrected chi connectivity index (χ2v) is 6.45. The van der Waals surface area contributed by atoms with E-state index in [2.05, 4.69) is 36.6 Å². The number of nitrogens with zero attached hydrogens (tertiary/aromatic N) is 2. The minimum absolute atomic E-state index is 0.161. The zero-order chi connectivity index (χ0) is 16.7. The Kier molecular flexibility index (Phi) is 3.62. The molecule has 5 heteroatoms. The number of aromatic nitrogens is 1. The maximum absolute atomic E-state index is 12.4. The van der Waals surface area contributed by atoms with Crippen LogP contribution in [0.1, 0.15) is 21.5 Å². The predicted molar refractivity (Wildman–Crippen MR) is 96.4 cm³/mol. The van der Waals surface area contributed by atoms with Crippen molar-refractivity contribution in [1.29, 1.82) is 0 Å². The molecule has 0 atom stereocenters. The number of amides is 1. The average Bonchev–Trinajstić information content (AvgIpc) is 2.95. The molecule has 0 radical (unpaired) electrons. The molecule has 1 aliphatic heterocycles. The number of carbonyl (C=O) groups is 1. The van der Waals surface area contributed by atoms with Crippen molar-refractivity contribution in [3.8, 4) is 0 Å². The summed E-state index contributed by atoms with van der Waals surface area (Å²) >= 11 is 5.87. The zero-order valence-electron chi connectivity index (χ0n) is 13.2. The van der Waals surface area contributed by atoms with E-state index < -0.39 is 0 Å². The molecule has 2 heterocycles. The highest BCUT2D eigenvalue weighted by atomic mass is 35.5. The molecule has 0 fully saturated rings. The van der Waals surface area contributed by atoms with Gasteiger partial charge in [0.1, 0.15) is 0 Å². The second kappa shape index (κ2) is 5.80. The number of hydrazine groups is 1. The fourth-order valence-corrected chi connectivity index (χ4v) is 3.09. The van der Waals surface area contributed by atoms with E-state index in [-0.39, 0.29) is 5.91 Å². The highest BCUT2D eigenvalue weighted by molar-refractivity contribution is 6.30. The fraction of sp³-hybridized carbons (Fsp3) is 0.158. The number of halogens is 1. The topological polar surface area (TPSA) is 45.2 Å². The van der Waals surface area contributed by atoms with Gasteiger partial charge in [-0.15, -0.1) is 0 Å². The Labute approximate surface area is 145 Å². The van der Waals surface area contributed by atoms with Crippen molar-refractivity contribution < 1.29 is 4.79 Å². The van der Waals surface area contributed by atoms with Crippen LogP contribution < -0.4 is 10.4 Å². The molecule has 0 spiro atoms. The van der Waals surface area contributed by atoms with E-state index in [1.807, 2.05) is 5.01 Å². The maximum atomic E-state index is 12.4. The Morgan fingerprint density at radius 1 is 1.17 bits per heavy atom. The monoisotopic (exact) mass is 337 g/mol. The van der Waals surface area contributed by atoms with Crippen LogP contribution in [0.25, 0.3) is 10.9 Å². The molecule has 1 aromatic heterocycles. The summed E-state index contributed by atoms with van der Waals surface area (Å²) in [6, 6.07) is 15.3. The average molecular weight is 338 g/mol. The van der Waals surface area contributed by atoms with Crippen LogP contribution in [0.4, 0.5) is 5.82 Å². The van der Waals surface area contributed by atoms with Crippen molar-refractivity contribution in [3.05, 3.63) is 70.2 Å². The van der Waals surface area contributed by atoms with Crippen molar-refractivity contribution in [2.45, 2.75) is 13.3 Å². The number of anilines is 1. The maximum Gasteiger partial charge on any atom is 0.269 e. The van der Waals surface area contributed by atoms with Gasteiger partial charge >= 0.3 is 0 Å². The van der Waals surface area contributed by atoms with Gasteiger partial charge in [0, 0.05) is 22.5 Å². The highest BCUT2D eigenvalue weighted by Gasteiger charge is 2.23. The molecule has 0 unspecified atom stereocenters. The standard InChI is InChI=1S/C19H16ClN3O/c1-12-2-3-14-11-15-8-9-23(18(15)21-17(14)10-12)22-19(24)13-4-6-16(20)7-5-13/h2-7,10-11H,8-9H2,1H3,(H,22,24). The van der Waals surface area contributed by atoms with Gasteiger partial charge in [-0.05, 0) is 60.9 Å². The lowest BCUT2D eigenvalue weighted by molar-refractivity contribution is 0.0949. The van der Waals surface area contributed by atoms with Crippen molar-refractivity contribution in [1.82, 2.24) is 10.4 Å². The number of hydrogen-bond acceptors (Lipinski definition) is 3. The van der Waals surface area contributed by atoms with E-state index in [0.29, 0.717) is 10.6 Å². The first-order valence-corrected chi connectivity index (χ1v) is 8.22. The van der Waals surface area contributed by atoms with Crippen LogP contribution in [-0.4, -0.2) is 17.4 Å². The Bertz CT molecular complexity index is 937. The molecule has 1 amide bonds. The van der Waals surface area contributed by atoms with Crippen molar-refractivity contribution in [3.63, 3.8) is 0 Å². The van der Waals surface area contributed by atoms with Crippen molar-refractivity contribution in [2.24, 2.45) is 0 Å². The lowest BCUT2D eigenvalue weighted by Gasteiger charge is -2.19. The van der Waals surface area contributed by atoms with Gasteiger partial charge in [0.25, 0.3) is 5.91 Å². The third kappa shape index (κ3) is 2.69. The minimum atomic E-state index is -0.161. The van der Waals surface area contributed by atoms with Gasteiger partial charge in [-0.1, -0.05) is 23.7 Å². The molecule has 0 saturated carbocycles. The molecule has 1 N–H and O–H groups in total. The third-order valence-electron chi connectivity index (χ3n) is 4.23. The Morgan fingerprint density at radius 3 is 2.75 bits per heavy atom. The molecule has 0 aliphatic carbocycles. The van der Waals surface area contributed by atoms with Crippen LogP contribution >= 0.6 is 11.6 Å². The first-order valence-electron chi connectivity index (χ1n) is 7.84. The molecular weight excluding hydrogens is 322 g/mol. The summed E-state index contributed by atoms with van der Waals surface area (Å²) in [5.74, 6) is 0.668. The zero-order valence-corrected chi connectivity index (χ0v) is 14.0. The quantitative estimate of drug-likeness (QED) is 0.771. The molecule has 3 aromatic rings. The van der Waals surface area contributed by atoms with Crippen LogP contribution in [0.15, 0.2) is 48.5 Å². The van der Waals surface area contributed by atoms with Crippen LogP contribution in [-0.2, 0) is 6.42 Å². The van der Waals surface area contributed by atoms with Crippen molar-refractivity contribution in [2.75, 3.05) is 11.6 Å². The van der Waals surface area contributed by atoms with E-state index in [0.717, 1.165) is 35.2 Å². The number of nitrogens with one attached hydrogen (secondary N) is 1. The van der Waals surface area contributed by atoms with E-state index in [9.17, 15) is 4.79 Å². The molecule has 2 aromatic carbocycles. The van der Waals surface area contributed by atoms with Crippen LogP contribution in [0, 0.1) is 6.92 Å². The van der Waals surface area contributed by atoms with Crippen molar-refractivity contribution >= 4 is 34.2 Å². The van der Waals surface area contributed by atoms with Gasteiger partial charge < -0.3 is 0 Å². The summed E-state index contributed by atoms with van der Waals surface area (Å²) in [6.07, 6.45) is 0.868. The van der Waals surface area contributed by atoms with Crippen LogP contribution in [0.2, 0.25) is 5.02 Å². The highest BCUT2D eigenvalue weighted by Crippen LogP contribution is 2.28. The number of rotatable bonds is 2. The smallest absolute Gasteiger partial charge is 0.267 e. The molecule has 120 valence electrons. The first-order chi connectivity index (χ1) is 11.6. The molecular formula is C19H16ClN3O. The van der Waals surface area contributed by atoms with Gasteiger partial charge in [-0.3, -0.25) is 15.2 Å². The lowest BCUT2D eigenvalue weighted by atomic mass is 10.1.